The van der Waals surface area contributed by atoms with Gasteiger partial charge in [0.2, 0.25) is 0 Å². The first-order valence-electron chi connectivity index (χ1n) is 7.89. The number of fused-ring (bicyclic) bond motifs is 3. The van der Waals surface area contributed by atoms with Crippen LogP contribution in [-0.2, 0) is 4.74 Å². The van der Waals surface area contributed by atoms with Crippen molar-refractivity contribution in [1.82, 2.24) is 0 Å². The maximum atomic E-state index is 8.97. The molecule has 2 aliphatic rings. The first kappa shape index (κ1) is 13.9. The standard InChI is InChI=1S/C17H25NO2/c1-12-7-8-16-14(11-12)17-13(5-4-10-20-17)15(18-16)6-2-3-9-19/h7-8,11,13,15,17-19H,2-6,9-10H2,1H3/t13-,15+,17-/m0/s1. The summed E-state index contributed by atoms with van der Waals surface area (Å²) in [4.78, 5) is 0. The molecule has 1 aromatic carbocycles. The Morgan fingerprint density at radius 3 is 3.10 bits per heavy atom. The Kier molecular flexibility index (Phi) is 4.27. The van der Waals surface area contributed by atoms with Gasteiger partial charge in [0.25, 0.3) is 0 Å². The minimum absolute atomic E-state index is 0.263. The van der Waals surface area contributed by atoms with Crippen molar-refractivity contribution >= 4 is 5.69 Å². The third-order valence-corrected chi connectivity index (χ3v) is 4.66. The van der Waals surface area contributed by atoms with Crippen LogP contribution in [0.1, 0.15) is 49.3 Å². The summed E-state index contributed by atoms with van der Waals surface area (Å²) in [5.41, 5.74) is 3.89. The maximum absolute atomic E-state index is 8.97. The molecule has 3 nitrogen and oxygen atoms in total. The van der Waals surface area contributed by atoms with Gasteiger partial charge in [-0.3, -0.25) is 0 Å². The van der Waals surface area contributed by atoms with Crippen LogP contribution in [0.25, 0.3) is 0 Å². The van der Waals surface area contributed by atoms with Crippen molar-refractivity contribution in [1.29, 1.82) is 0 Å². The maximum Gasteiger partial charge on any atom is 0.0892 e. The van der Waals surface area contributed by atoms with E-state index >= 15 is 0 Å². The van der Waals surface area contributed by atoms with Crippen molar-refractivity contribution in [3.05, 3.63) is 29.3 Å². The van der Waals surface area contributed by atoms with Crippen molar-refractivity contribution in [2.24, 2.45) is 5.92 Å². The molecule has 2 N–H and O–H groups in total. The van der Waals surface area contributed by atoms with Crippen LogP contribution in [0.2, 0.25) is 0 Å². The topological polar surface area (TPSA) is 41.5 Å². The second-order valence-electron chi connectivity index (χ2n) is 6.16. The van der Waals surface area contributed by atoms with Gasteiger partial charge in [0.05, 0.1) is 6.10 Å². The minimum Gasteiger partial charge on any atom is -0.396 e. The van der Waals surface area contributed by atoms with Crippen molar-refractivity contribution in [3.63, 3.8) is 0 Å². The van der Waals surface area contributed by atoms with E-state index in [0.717, 1.165) is 25.9 Å². The van der Waals surface area contributed by atoms with Gasteiger partial charge in [-0.1, -0.05) is 17.7 Å². The number of rotatable bonds is 4. The predicted molar refractivity (Wildman–Crippen MR) is 80.9 cm³/mol. The second kappa shape index (κ2) is 6.15. The Morgan fingerprint density at radius 1 is 1.35 bits per heavy atom. The monoisotopic (exact) mass is 275 g/mol. The average Bonchev–Trinajstić information content (AvgIpc) is 2.48. The summed E-state index contributed by atoms with van der Waals surface area (Å²) in [7, 11) is 0. The van der Waals surface area contributed by atoms with Crippen LogP contribution < -0.4 is 5.32 Å². The molecule has 0 aromatic heterocycles. The highest BCUT2D eigenvalue weighted by molar-refractivity contribution is 5.57. The van der Waals surface area contributed by atoms with Gasteiger partial charge >= 0.3 is 0 Å². The zero-order chi connectivity index (χ0) is 13.9. The van der Waals surface area contributed by atoms with E-state index in [1.165, 1.54) is 29.7 Å². The summed E-state index contributed by atoms with van der Waals surface area (Å²) in [5, 5.41) is 12.7. The Bertz CT molecular complexity index is 460. The molecule has 3 heteroatoms. The molecule has 0 aliphatic carbocycles. The molecule has 1 aromatic rings. The van der Waals surface area contributed by atoms with Crippen molar-refractivity contribution in [2.45, 2.75) is 51.2 Å². The lowest BCUT2D eigenvalue weighted by Crippen LogP contribution is -2.41. The highest BCUT2D eigenvalue weighted by Crippen LogP contribution is 2.45. The molecule has 3 atom stereocenters. The van der Waals surface area contributed by atoms with Crippen molar-refractivity contribution in [3.8, 4) is 0 Å². The molecule has 2 heterocycles. The molecular formula is C17H25NO2. The lowest BCUT2D eigenvalue weighted by molar-refractivity contribution is -0.0387. The molecule has 0 bridgehead atoms. The second-order valence-corrected chi connectivity index (χ2v) is 6.16. The lowest BCUT2D eigenvalue weighted by atomic mass is 9.78. The summed E-state index contributed by atoms with van der Waals surface area (Å²) >= 11 is 0. The van der Waals surface area contributed by atoms with Crippen molar-refractivity contribution in [2.75, 3.05) is 18.5 Å². The molecule has 1 saturated heterocycles. The molecule has 2 aliphatic heterocycles. The number of hydrogen-bond donors (Lipinski definition) is 2. The van der Waals surface area contributed by atoms with Crippen LogP contribution in [-0.4, -0.2) is 24.4 Å². The Labute approximate surface area is 121 Å². The first-order chi connectivity index (χ1) is 9.79. The van der Waals surface area contributed by atoms with Crippen LogP contribution >= 0.6 is 0 Å². The molecule has 0 unspecified atom stereocenters. The molecule has 20 heavy (non-hydrogen) atoms. The zero-order valence-corrected chi connectivity index (χ0v) is 12.3. The number of aryl methyl sites for hydroxylation is 1. The van der Waals surface area contributed by atoms with Gasteiger partial charge in [0, 0.05) is 36.4 Å². The normalized spacial score (nSPS) is 28.4. The fraction of sp³-hybridized carbons (Fsp3) is 0.647. The van der Waals surface area contributed by atoms with E-state index in [2.05, 4.69) is 30.4 Å². The molecule has 0 amide bonds. The number of benzene rings is 1. The van der Waals surface area contributed by atoms with Gasteiger partial charge in [0.15, 0.2) is 0 Å². The number of nitrogens with one attached hydrogen (secondary N) is 1. The van der Waals surface area contributed by atoms with E-state index in [1.807, 2.05) is 0 Å². The minimum atomic E-state index is 0.263. The van der Waals surface area contributed by atoms with E-state index in [-0.39, 0.29) is 6.10 Å². The smallest absolute Gasteiger partial charge is 0.0892 e. The molecule has 1 fully saturated rings. The van der Waals surface area contributed by atoms with E-state index in [4.69, 9.17) is 9.84 Å². The molecule has 3 rings (SSSR count). The molecule has 0 saturated carbocycles. The first-order valence-corrected chi connectivity index (χ1v) is 7.89. The highest BCUT2D eigenvalue weighted by atomic mass is 16.5. The van der Waals surface area contributed by atoms with Gasteiger partial charge in [-0.15, -0.1) is 0 Å². The quantitative estimate of drug-likeness (QED) is 0.827. The molecule has 0 spiro atoms. The number of aliphatic hydroxyl groups is 1. The summed E-state index contributed by atoms with van der Waals surface area (Å²) < 4.78 is 6.11. The summed E-state index contributed by atoms with van der Waals surface area (Å²) in [6, 6.07) is 7.12. The highest BCUT2D eigenvalue weighted by Gasteiger charge is 2.38. The van der Waals surface area contributed by atoms with Crippen LogP contribution in [0.4, 0.5) is 5.69 Å². The van der Waals surface area contributed by atoms with E-state index in [1.54, 1.807) is 0 Å². The van der Waals surface area contributed by atoms with E-state index < -0.39 is 0 Å². The van der Waals surface area contributed by atoms with Gasteiger partial charge in [-0.2, -0.15) is 0 Å². The van der Waals surface area contributed by atoms with E-state index in [9.17, 15) is 0 Å². The molecule has 0 radical (unpaired) electrons. The number of anilines is 1. The predicted octanol–water partition coefficient (Wildman–Crippen LogP) is 3.42. The van der Waals surface area contributed by atoms with Gasteiger partial charge < -0.3 is 15.2 Å². The Morgan fingerprint density at radius 2 is 2.25 bits per heavy atom. The van der Waals surface area contributed by atoms with Gasteiger partial charge in [0.1, 0.15) is 0 Å². The summed E-state index contributed by atoms with van der Waals surface area (Å²) in [5.74, 6) is 0.580. The van der Waals surface area contributed by atoms with Gasteiger partial charge in [-0.05, 0) is 45.1 Å². The fourth-order valence-corrected chi connectivity index (χ4v) is 3.65. The van der Waals surface area contributed by atoms with Gasteiger partial charge in [-0.25, -0.2) is 0 Å². The third-order valence-electron chi connectivity index (χ3n) is 4.66. The average molecular weight is 275 g/mol. The number of ether oxygens (including phenoxy) is 1. The van der Waals surface area contributed by atoms with Crippen LogP contribution in [0, 0.1) is 12.8 Å². The molecular weight excluding hydrogens is 250 g/mol. The lowest BCUT2D eigenvalue weighted by Gasteiger charge is -2.43. The summed E-state index contributed by atoms with van der Waals surface area (Å²) in [6.07, 6.45) is 5.78. The Balaban J connectivity index is 1.83. The van der Waals surface area contributed by atoms with Crippen molar-refractivity contribution < 1.29 is 9.84 Å². The fourth-order valence-electron chi connectivity index (χ4n) is 3.65. The zero-order valence-electron chi connectivity index (χ0n) is 12.3. The van der Waals surface area contributed by atoms with Crippen LogP contribution in [0.15, 0.2) is 18.2 Å². The molecule has 110 valence electrons. The van der Waals surface area contributed by atoms with Crippen LogP contribution in [0.3, 0.4) is 0 Å². The number of aliphatic hydroxyl groups excluding tert-OH is 1. The Hall–Kier alpha value is -1.06. The van der Waals surface area contributed by atoms with E-state index in [0.29, 0.717) is 18.6 Å². The summed E-state index contributed by atoms with van der Waals surface area (Å²) in [6.45, 7) is 3.33. The third kappa shape index (κ3) is 2.70. The number of unbranched alkanes of at least 4 members (excludes halogenated alkanes) is 1. The largest absolute Gasteiger partial charge is 0.396 e. The number of hydrogen-bond acceptors (Lipinski definition) is 3. The van der Waals surface area contributed by atoms with Crippen LogP contribution in [0.5, 0.6) is 0 Å². The SMILES string of the molecule is Cc1ccc2c(c1)[C@H]1OCCC[C@H]1[C@@H](CCCCO)N2.